The molecule has 142 valence electrons. The van der Waals surface area contributed by atoms with Crippen LogP contribution in [0.4, 0.5) is 0 Å². The van der Waals surface area contributed by atoms with Gasteiger partial charge in [-0.3, -0.25) is 4.79 Å². The van der Waals surface area contributed by atoms with Crippen molar-refractivity contribution in [2.45, 2.75) is 11.8 Å². The maximum atomic E-state index is 12.4. The van der Waals surface area contributed by atoms with E-state index in [1.807, 2.05) is 6.92 Å². The number of sulfonamides is 1. The molecule has 0 radical (unpaired) electrons. The van der Waals surface area contributed by atoms with Crippen molar-refractivity contribution in [2.24, 2.45) is 5.10 Å². The van der Waals surface area contributed by atoms with Crippen molar-refractivity contribution in [3.05, 3.63) is 65.2 Å². The normalized spacial score (nSPS) is 11.7. The predicted octanol–water partition coefficient (Wildman–Crippen LogP) is 1.46. The van der Waals surface area contributed by atoms with Gasteiger partial charge >= 0.3 is 5.97 Å². The average molecular weight is 389 g/mol. The molecule has 0 atom stereocenters. The van der Waals surface area contributed by atoms with Crippen molar-refractivity contribution in [3.8, 4) is 0 Å². The lowest BCUT2D eigenvalue weighted by Crippen LogP contribution is -2.36. The number of nitrogens with zero attached hydrogens (tertiary/aromatic N) is 2. The number of amides is 1. The molecule has 2 N–H and O–H groups in total. The molecule has 0 spiro atoms. The summed E-state index contributed by atoms with van der Waals surface area (Å²) in [6, 6.07) is 12.4. The molecular weight excluding hydrogens is 370 g/mol. The van der Waals surface area contributed by atoms with Gasteiger partial charge in [-0.1, -0.05) is 35.9 Å². The summed E-state index contributed by atoms with van der Waals surface area (Å²) in [6.07, 6.45) is 1.19. The van der Waals surface area contributed by atoms with E-state index in [1.165, 1.54) is 37.5 Å². The fourth-order valence-corrected chi connectivity index (χ4v) is 3.32. The molecule has 0 aliphatic carbocycles. The molecule has 0 saturated heterocycles. The molecule has 0 unspecified atom stereocenters. The highest BCUT2D eigenvalue weighted by Gasteiger charge is 2.22. The molecule has 0 saturated carbocycles. The minimum atomic E-state index is -3.80. The summed E-state index contributed by atoms with van der Waals surface area (Å²) in [6.45, 7) is 1.40. The van der Waals surface area contributed by atoms with Gasteiger partial charge in [0.1, 0.15) is 0 Å². The highest BCUT2D eigenvalue weighted by atomic mass is 32.2. The number of nitrogens with one attached hydrogen (secondary N) is 1. The highest BCUT2D eigenvalue weighted by molar-refractivity contribution is 7.89. The Morgan fingerprint density at radius 2 is 1.78 bits per heavy atom. The quantitative estimate of drug-likeness (QED) is 0.549. The molecule has 2 aromatic carbocycles. The zero-order valence-electron chi connectivity index (χ0n) is 14.8. The topological polar surface area (TPSA) is 116 Å². The van der Waals surface area contributed by atoms with E-state index >= 15 is 0 Å². The van der Waals surface area contributed by atoms with Crippen LogP contribution in [-0.2, 0) is 14.8 Å². The third kappa shape index (κ3) is 5.22. The van der Waals surface area contributed by atoms with Crippen LogP contribution in [0.5, 0.6) is 0 Å². The van der Waals surface area contributed by atoms with Gasteiger partial charge in [0, 0.05) is 12.6 Å². The number of benzene rings is 2. The molecule has 1 amide bonds. The number of hydrazone groups is 1. The van der Waals surface area contributed by atoms with E-state index in [4.69, 9.17) is 5.11 Å². The number of carboxylic acids is 1. The van der Waals surface area contributed by atoms with Gasteiger partial charge in [0.2, 0.25) is 10.0 Å². The van der Waals surface area contributed by atoms with E-state index in [9.17, 15) is 18.0 Å². The van der Waals surface area contributed by atoms with Gasteiger partial charge in [0.15, 0.2) is 0 Å². The number of hydrogen-bond acceptors (Lipinski definition) is 5. The van der Waals surface area contributed by atoms with Gasteiger partial charge in [0.25, 0.3) is 5.91 Å². The molecule has 0 fully saturated rings. The van der Waals surface area contributed by atoms with Crippen LogP contribution in [0.1, 0.15) is 21.5 Å². The van der Waals surface area contributed by atoms with E-state index in [-0.39, 0.29) is 10.5 Å². The molecule has 8 nitrogen and oxygen atoms in total. The number of aryl methyl sites for hydroxylation is 1. The molecule has 2 aromatic rings. The highest BCUT2D eigenvalue weighted by Crippen LogP contribution is 2.14. The molecule has 2 rings (SSSR count). The fraction of sp³-hybridized carbons (Fsp3) is 0.167. The second-order valence-corrected chi connectivity index (χ2v) is 7.80. The van der Waals surface area contributed by atoms with Gasteiger partial charge in [0.05, 0.1) is 23.2 Å². The number of aromatic carboxylic acids is 1. The zero-order valence-corrected chi connectivity index (χ0v) is 15.6. The minimum absolute atomic E-state index is 0.0366. The van der Waals surface area contributed by atoms with Crippen molar-refractivity contribution in [3.63, 3.8) is 0 Å². The Hall–Kier alpha value is -3.04. The van der Waals surface area contributed by atoms with Crippen LogP contribution in [-0.4, -0.2) is 49.5 Å². The summed E-state index contributed by atoms with van der Waals surface area (Å²) in [4.78, 5) is 23.1. The van der Waals surface area contributed by atoms with E-state index in [0.717, 1.165) is 9.87 Å². The Balaban J connectivity index is 2.01. The van der Waals surface area contributed by atoms with Crippen LogP contribution in [0.15, 0.2) is 58.5 Å². The number of carboxylic acid groups (broad SMARTS) is 1. The third-order valence-electron chi connectivity index (χ3n) is 3.68. The van der Waals surface area contributed by atoms with E-state index in [2.05, 4.69) is 10.5 Å². The average Bonchev–Trinajstić information content (AvgIpc) is 2.62. The van der Waals surface area contributed by atoms with Gasteiger partial charge in [-0.05, 0) is 25.1 Å². The van der Waals surface area contributed by atoms with Crippen molar-refractivity contribution in [1.82, 2.24) is 9.73 Å². The summed E-state index contributed by atoms with van der Waals surface area (Å²) in [5.74, 6) is -1.77. The molecule has 0 aliphatic heterocycles. The first kappa shape index (κ1) is 20.3. The lowest BCUT2D eigenvalue weighted by Gasteiger charge is -2.16. The van der Waals surface area contributed by atoms with Gasteiger partial charge in [-0.15, -0.1) is 0 Å². The van der Waals surface area contributed by atoms with Crippen LogP contribution < -0.4 is 5.43 Å². The molecule has 0 aromatic heterocycles. The molecule has 0 bridgehead atoms. The van der Waals surface area contributed by atoms with Crippen LogP contribution in [0.2, 0.25) is 0 Å². The van der Waals surface area contributed by atoms with Crippen molar-refractivity contribution >= 4 is 28.1 Å². The van der Waals surface area contributed by atoms with E-state index in [0.29, 0.717) is 5.56 Å². The molecule has 0 heterocycles. The van der Waals surface area contributed by atoms with Crippen molar-refractivity contribution < 1.29 is 23.1 Å². The second kappa shape index (κ2) is 8.56. The predicted molar refractivity (Wildman–Crippen MR) is 100 cm³/mol. The standard InChI is InChI=1S/C18H19N3O5S/c1-13-7-9-15(10-8-13)27(25,26)21(2)12-17(22)20-19-11-14-5-3-4-6-16(14)18(23)24/h3-11H,12H2,1-2H3,(H,20,22)(H,23,24)/b19-11+. The van der Waals surface area contributed by atoms with E-state index < -0.39 is 28.4 Å². The van der Waals surface area contributed by atoms with Crippen LogP contribution in [0.3, 0.4) is 0 Å². The number of rotatable bonds is 7. The number of carbonyl (C=O) groups excluding carboxylic acids is 1. The van der Waals surface area contributed by atoms with Gasteiger partial charge in [-0.2, -0.15) is 9.41 Å². The number of likely N-dealkylation sites (N-methyl/N-ethyl adjacent to an activating group) is 1. The Kier molecular flexibility index (Phi) is 6.43. The summed E-state index contributed by atoms with van der Waals surface area (Å²) >= 11 is 0. The summed E-state index contributed by atoms with van der Waals surface area (Å²) in [5.41, 5.74) is 3.46. The summed E-state index contributed by atoms with van der Waals surface area (Å²) in [5, 5.41) is 12.8. The van der Waals surface area contributed by atoms with Crippen LogP contribution >= 0.6 is 0 Å². The Morgan fingerprint density at radius 1 is 1.15 bits per heavy atom. The minimum Gasteiger partial charge on any atom is -0.478 e. The SMILES string of the molecule is Cc1ccc(S(=O)(=O)N(C)CC(=O)N/N=C/c2ccccc2C(=O)O)cc1. The van der Waals surface area contributed by atoms with Gasteiger partial charge in [-0.25, -0.2) is 18.6 Å². The Bertz CT molecular complexity index is 969. The second-order valence-electron chi connectivity index (χ2n) is 5.76. The van der Waals surface area contributed by atoms with Gasteiger partial charge < -0.3 is 5.11 Å². The largest absolute Gasteiger partial charge is 0.478 e. The number of hydrogen-bond donors (Lipinski definition) is 2. The molecule has 27 heavy (non-hydrogen) atoms. The molecular formula is C18H19N3O5S. The zero-order chi connectivity index (χ0) is 20.0. The summed E-state index contributed by atoms with van der Waals surface area (Å²) < 4.78 is 25.8. The van der Waals surface area contributed by atoms with Crippen LogP contribution in [0.25, 0.3) is 0 Å². The van der Waals surface area contributed by atoms with E-state index in [1.54, 1.807) is 24.3 Å². The monoisotopic (exact) mass is 389 g/mol. The lowest BCUT2D eigenvalue weighted by atomic mass is 10.1. The lowest BCUT2D eigenvalue weighted by molar-refractivity contribution is -0.121. The Morgan fingerprint density at radius 3 is 2.41 bits per heavy atom. The first-order valence-corrected chi connectivity index (χ1v) is 9.33. The Labute approximate surface area is 157 Å². The smallest absolute Gasteiger partial charge is 0.336 e. The molecule has 0 aliphatic rings. The maximum Gasteiger partial charge on any atom is 0.336 e. The first-order valence-electron chi connectivity index (χ1n) is 7.89. The van der Waals surface area contributed by atoms with Crippen LogP contribution in [0, 0.1) is 6.92 Å². The van der Waals surface area contributed by atoms with Crippen molar-refractivity contribution in [1.29, 1.82) is 0 Å². The van der Waals surface area contributed by atoms with Crippen molar-refractivity contribution in [2.75, 3.05) is 13.6 Å². The third-order valence-corrected chi connectivity index (χ3v) is 5.50. The maximum absolute atomic E-state index is 12.4. The fourth-order valence-electron chi connectivity index (χ4n) is 2.19. The summed E-state index contributed by atoms with van der Waals surface area (Å²) in [7, 11) is -2.51. The number of carbonyl (C=O) groups is 2. The molecule has 9 heteroatoms. The first-order chi connectivity index (χ1) is 12.7.